The zero-order valence-electron chi connectivity index (χ0n) is 8.18. The second-order valence-electron chi connectivity index (χ2n) is 3.21. The predicted octanol–water partition coefficient (Wildman–Crippen LogP) is 1.76. The highest BCUT2D eigenvalue weighted by Crippen LogP contribution is 2.18. The molecule has 15 heavy (non-hydrogen) atoms. The lowest BCUT2D eigenvalue weighted by Gasteiger charge is -2.15. The topological polar surface area (TPSA) is 63.3 Å². The fourth-order valence-electron chi connectivity index (χ4n) is 1.21. The Labute approximate surface area is 93.5 Å². The van der Waals surface area contributed by atoms with Crippen LogP contribution in [0.25, 0.3) is 0 Å². The third-order valence-electron chi connectivity index (χ3n) is 2.20. The van der Waals surface area contributed by atoms with Gasteiger partial charge in [-0.05, 0) is 17.7 Å². The molecule has 1 aromatic rings. The third-order valence-corrected chi connectivity index (χ3v) is 2.20. The van der Waals surface area contributed by atoms with E-state index >= 15 is 0 Å². The Morgan fingerprint density at radius 1 is 1.53 bits per heavy atom. The van der Waals surface area contributed by atoms with Crippen molar-refractivity contribution in [3.8, 4) is 0 Å². The van der Waals surface area contributed by atoms with E-state index in [0.717, 1.165) is 0 Å². The van der Waals surface area contributed by atoms with Crippen molar-refractivity contribution >= 4 is 18.4 Å². The van der Waals surface area contributed by atoms with Gasteiger partial charge < -0.3 is 10.8 Å². The van der Waals surface area contributed by atoms with Crippen molar-refractivity contribution in [3.63, 3.8) is 0 Å². The number of halogens is 2. The molecule has 0 unspecified atom stereocenters. The number of carboxylic acids is 1. The van der Waals surface area contributed by atoms with Gasteiger partial charge in [0.25, 0.3) is 0 Å². The number of carbonyl (C=O) groups is 1. The van der Waals surface area contributed by atoms with E-state index in [2.05, 4.69) is 0 Å². The molecule has 1 aromatic carbocycles. The second kappa shape index (κ2) is 5.68. The number of nitrogens with two attached hydrogens (primary N) is 1. The summed E-state index contributed by atoms with van der Waals surface area (Å²) in [6.45, 7) is 1.66. The van der Waals surface area contributed by atoms with Crippen LogP contribution in [-0.2, 0) is 4.79 Å². The molecule has 0 aliphatic rings. The van der Waals surface area contributed by atoms with E-state index in [1.165, 1.54) is 18.2 Å². The summed E-state index contributed by atoms with van der Waals surface area (Å²) in [5, 5.41) is 8.66. The Balaban J connectivity index is 0.00000196. The van der Waals surface area contributed by atoms with Crippen molar-refractivity contribution in [2.24, 2.45) is 5.73 Å². The monoisotopic (exact) mass is 233 g/mol. The molecule has 1 rings (SSSR count). The van der Waals surface area contributed by atoms with Gasteiger partial charge in [0.05, 0.1) is 0 Å². The molecule has 0 radical (unpaired) electrons. The lowest BCUT2D eigenvalue weighted by Crippen LogP contribution is -2.35. The molecule has 0 bridgehead atoms. The molecule has 0 spiro atoms. The first-order valence-electron chi connectivity index (χ1n) is 4.26. The molecule has 3 N–H and O–H groups in total. The Morgan fingerprint density at radius 3 is 2.60 bits per heavy atom. The van der Waals surface area contributed by atoms with Crippen molar-refractivity contribution in [3.05, 3.63) is 35.6 Å². The number of carboxylic acid groups (broad SMARTS) is 1. The maximum atomic E-state index is 12.8. The van der Waals surface area contributed by atoms with E-state index in [1.807, 2.05) is 0 Å². The lowest BCUT2D eigenvalue weighted by atomic mass is 9.94. The summed E-state index contributed by atoms with van der Waals surface area (Å²) in [5.74, 6) is -1.86. The minimum Gasteiger partial charge on any atom is -0.480 e. The zero-order valence-corrected chi connectivity index (χ0v) is 9.00. The van der Waals surface area contributed by atoms with Gasteiger partial charge in [-0.3, -0.25) is 4.79 Å². The first-order valence-corrected chi connectivity index (χ1v) is 4.26. The number of aliphatic carboxylic acids is 1. The van der Waals surface area contributed by atoms with Gasteiger partial charge in [-0.1, -0.05) is 19.1 Å². The molecule has 2 atom stereocenters. The van der Waals surface area contributed by atoms with Crippen molar-refractivity contribution < 1.29 is 14.3 Å². The third kappa shape index (κ3) is 3.49. The number of hydrogen-bond donors (Lipinski definition) is 2. The molecule has 0 saturated heterocycles. The molecule has 0 aliphatic heterocycles. The van der Waals surface area contributed by atoms with E-state index in [-0.39, 0.29) is 18.2 Å². The molecular weight excluding hydrogens is 221 g/mol. The van der Waals surface area contributed by atoms with Crippen LogP contribution in [-0.4, -0.2) is 17.1 Å². The van der Waals surface area contributed by atoms with Crippen LogP contribution in [0.5, 0.6) is 0 Å². The molecule has 0 heterocycles. The Hall–Kier alpha value is -1.13. The number of hydrogen-bond acceptors (Lipinski definition) is 2. The molecule has 84 valence electrons. The standard InChI is InChI=1S/C10H12FNO2.ClH/c1-6(9(12)10(13)14)7-3-2-4-8(11)5-7;/h2-6,9H,12H2,1H3,(H,13,14);1H/t6-,9+;/m0./s1. The van der Waals surface area contributed by atoms with Crippen LogP contribution in [0, 0.1) is 5.82 Å². The Kier molecular flexibility index (Phi) is 5.25. The SMILES string of the molecule is C[C@@H](c1cccc(F)c1)[C@@H](N)C(=O)O.Cl. The van der Waals surface area contributed by atoms with Crippen LogP contribution in [0.15, 0.2) is 24.3 Å². The average Bonchev–Trinajstić information content (AvgIpc) is 2.15. The van der Waals surface area contributed by atoms with Crippen LogP contribution in [0.2, 0.25) is 0 Å². The molecule has 0 amide bonds. The summed E-state index contributed by atoms with van der Waals surface area (Å²) >= 11 is 0. The molecule has 3 nitrogen and oxygen atoms in total. The van der Waals surface area contributed by atoms with Gasteiger partial charge in [0.15, 0.2) is 0 Å². The maximum Gasteiger partial charge on any atom is 0.321 e. The van der Waals surface area contributed by atoms with Gasteiger partial charge in [-0.25, -0.2) is 4.39 Å². The molecule has 0 aliphatic carbocycles. The van der Waals surface area contributed by atoms with Crippen LogP contribution in [0.1, 0.15) is 18.4 Å². The van der Waals surface area contributed by atoms with E-state index in [0.29, 0.717) is 5.56 Å². The van der Waals surface area contributed by atoms with Crippen LogP contribution < -0.4 is 5.73 Å². The highest BCUT2D eigenvalue weighted by molar-refractivity contribution is 5.85. The summed E-state index contributed by atoms with van der Waals surface area (Å²) in [5.41, 5.74) is 6.02. The van der Waals surface area contributed by atoms with E-state index in [1.54, 1.807) is 13.0 Å². The van der Waals surface area contributed by atoms with E-state index in [9.17, 15) is 9.18 Å². The fraction of sp³-hybridized carbons (Fsp3) is 0.300. The summed E-state index contributed by atoms with van der Waals surface area (Å²) in [6.07, 6.45) is 0. The maximum absolute atomic E-state index is 12.8. The van der Waals surface area contributed by atoms with Gasteiger partial charge >= 0.3 is 5.97 Å². The van der Waals surface area contributed by atoms with Gasteiger partial charge in [-0.15, -0.1) is 12.4 Å². The highest BCUT2D eigenvalue weighted by Gasteiger charge is 2.21. The molecule has 5 heteroatoms. The summed E-state index contributed by atoms with van der Waals surface area (Å²) < 4.78 is 12.8. The van der Waals surface area contributed by atoms with Crippen molar-refractivity contribution in [2.75, 3.05) is 0 Å². The Bertz CT molecular complexity index is 346. The van der Waals surface area contributed by atoms with Gasteiger partial charge in [0, 0.05) is 5.92 Å². The first-order chi connectivity index (χ1) is 6.52. The quantitative estimate of drug-likeness (QED) is 0.836. The lowest BCUT2D eigenvalue weighted by molar-refractivity contribution is -0.139. The van der Waals surface area contributed by atoms with E-state index < -0.39 is 17.9 Å². The van der Waals surface area contributed by atoms with Crippen LogP contribution >= 0.6 is 12.4 Å². The molecule has 0 saturated carbocycles. The number of rotatable bonds is 3. The minimum atomic E-state index is -1.08. The molecular formula is C10H13ClFNO2. The van der Waals surface area contributed by atoms with Crippen LogP contribution in [0.3, 0.4) is 0 Å². The second-order valence-corrected chi connectivity index (χ2v) is 3.21. The molecule has 0 aromatic heterocycles. The first kappa shape index (κ1) is 13.9. The zero-order chi connectivity index (χ0) is 10.7. The molecule has 0 fully saturated rings. The van der Waals surface area contributed by atoms with Crippen molar-refractivity contribution in [1.82, 2.24) is 0 Å². The fourth-order valence-corrected chi connectivity index (χ4v) is 1.21. The summed E-state index contributed by atoms with van der Waals surface area (Å²) in [7, 11) is 0. The van der Waals surface area contributed by atoms with Gasteiger partial charge in [-0.2, -0.15) is 0 Å². The Morgan fingerprint density at radius 2 is 2.13 bits per heavy atom. The van der Waals surface area contributed by atoms with Gasteiger partial charge in [0.2, 0.25) is 0 Å². The van der Waals surface area contributed by atoms with Crippen molar-refractivity contribution in [2.45, 2.75) is 18.9 Å². The number of benzene rings is 1. The van der Waals surface area contributed by atoms with Gasteiger partial charge in [0.1, 0.15) is 11.9 Å². The highest BCUT2D eigenvalue weighted by atomic mass is 35.5. The minimum absolute atomic E-state index is 0. The van der Waals surface area contributed by atoms with Crippen LogP contribution in [0.4, 0.5) is 4.39 Å². The normalized spacial score (nSPS) is 13.8. The van der Waals surface area contributed by atoms with Crippen molar-refractivity contribution in [1.29, 1.82) is 0 Å². The van der Waals surface area contributed by atoms with E-state index in [4.69, 9.17) is 10.8 Å². The summed E-state index contributed by atoms with van der Waals surface area (Å²) in [4.78, 5) is 10.6. The average molecular weight is 234 g/mol. The smallest absolute Gasteiger partial charge is 0.321 e. The summed E-state index contributed by atoms with van der Waals surface area (Å²) in [6, 6.07) is 4.80. The predicted molar refractivity (Wildman–Crippen MR) is 57.7 cm³/mol. The largest absolute Gasteiger partial charge is 0.480 e.